The second-order valence-corrected chi connectivity index (χ2v) is 6.29. The zero-order valence-electron chi connectivity index (χ0n) is 14.7. The quantitative estimate of drug-likeness (QED) is 0.494. The van der Waals surface area contributed by atoms with Gasteiger partial charge in [-0.25, -0.2) is 9.97 Å². The molecule has 26 heavy (non-hydrogen) atoms. The van der Waals surface area contributed by atoms with Crippen LogP contribution in [-0.4, -0.2) is 20.2 Å². The molecular formula is C20H20N6. The van der Waals surface area contributed by atoms with Crippen LogP contribution < -0.4 is 10.6 Å². The zero-order chi connectivity index (χ0) is 17.9. The van der Waals surface area contributed by atoms with Crippen molar-refractivity contribution >= 4 is 28.4 Å². The van der Waals surface area contributed by atoms with E-state index in [1.807, 2.05) is 30.3 Å². The smallest absolute Gasteiger partial charge is 0.188 e. The molecule has 1 atom stereocenters. The Hall–Kier alpha value is -3.41. The molecule has 130 valence electrons. The molecule has 2 aromatic heterocycles. The maximum Gasteiger partial charge on any atom is 0.188 e. The summed E-state index contributed by atoms with van der Waals surface area (Å²) in [5.41, 5.74) is 3.99. The lowest BCUT2D eigenvalue weighted by Gasteiger charge is -2.16. The van der Waals surface area contributed by atoms with Crippen LogP contribution in [0.2, 0.25) is 0 Å². The van der Waals surface area contributed by atoms with E-state index in [9.17, 15) is 0 Å². The Morgan fingerprint density at radius 3 is 2.65 bits per heavy atom. The number of rotatable bonds is 5. The third-order valence-corrected chi connectivity index (χ3v) is 4.29. The van der Waals surface area contributed by atoms with E-state index < -0.39 is 0 Å². The molecule has 0 aliphatic heterocycles. The Morgan fingerprint density at radius 1 is 1.00 bits per heavy atom. The van der Waals surface area contributed by atoms with Gasteiger partial charge in [0.2, 0.25) is 0 Å². The van der Waals surface area contributed by atoms with E-state index >= 15 is 0 Å². The molecule has 0 aliphatic carbocycles. The van der Waals surface area contributed by atoms with Crippen molar-refractivity contribution in [2.24, 2.45) is 0 Å². The van der Waals surface area contributed by atoms with Gasteiger partial charge in [-0.2, -0.15) is 5.10 Å². The summed E-state index contributed by atoms with van der Waals surface area (Å²) in [6.45, 7) is 4.17. The van der Waals surface area contributed by atoms with Crippen molar-refractivity contribution in [3.05, 3.63) is 72.1 Å². The van der Waals surface area contributed by atoms with Crippen LogP contribution in [0.1, 0.15) is 24.1 Å². The van der Waals surface area contributed by atoms with Crippen LogP contribution in [0.15, 0.2) is 60.9 Å². The largest absolute Gasteiger partial charge is 0.363 e. The average molecular weight is 344 g/mol. The van der Waals surface area contributed by atoms with E-state index in [1.54, 1.807) is 0 Å². The Kier molecular flexibility index (Phi) is 4.23. The number of fused-ring (bicyclic) bond motifs is 1. The number of nitrogens with zero attached hydrogens (tertiary/aromatic N) is 3. The van der Waals surface area contributed by atoms with Crippen LogP contribution in [0.3, 0.4) is 0 Å². The topological polar surface area (TPSA) is 78.5 Å². The number of H-pyrrole nitrogens is 1. The molecule has 0 aliphatic rings. The first kappa shape index (κ1) is 16.1. The van der Waals surface area contributed by atoms with Gasteiger partial charge in [0.1, 0.15) is 23.3 Å². The Labute approximate surface area is 151 Å². The Morgan fingerprint density at radius 2 is 1.85 bits per heavy atom. The molecule has 6 nitrogen and oxygen atoms in total. The average Bonchev–Trinajstić information content (AvgIpc) is 3.06. The van der Waals surface area contributed by atoms with Crippen LogP contribution >= 0.6 is 0 Å². The van der Waals surface area contributed by atoms with Crippen LogP contribution in [0.5, 0.6) is 0 Å². The summed E-state index contributed by atoms with van der Waals surface area (Å²) >= 11 is 0. The van der Waals surface area contributed by atoms with Gasteiger partial charge in [0.15, 0.2) is 5.65 Å². The van der Waals surface area contributed by atoms with E-state index in [0.29, 0.717) is 5.65 Å². The number of anilines is 3. The molecule has 3 N–H and O–H groups in total. The summed E-state index contributed by atoms with van der Waals surface area (Å²) in [7, 11) is 0. The summed E-state index contributed by atoms with van der Waals surface area (Å²) in [5.74, 6) is 1.52. The molecule has 0 saturated carbocycles. The summed E-state index contributed by atoms with van der Waals surface area (Å²) in [4.78, 5) is 8.71. The third-order valence-electron chi connectivity index (χ3n) is 4.29. The summed E-state index contributed by atoms with van der Waals surface area (Å²) in [6.07, 6.45) is 1.53. The summed E-state index contributed by atoms with van der Waals surface area (Å²) in [5, 5.41) is 15.0. The van der Waals surface area contributed by atoms with Crippen molar-refractivity contribution in [3.63, 3.8) is 0 Å². The maximum absolute atomic E-state index is 4.44. The third kappa shape index (κ3) is 3.21. The van der Waals surface area contributed by atoms with Gasteiger partial charge in [0, 0.05) is 11.7 Å². The molecule has 0 radical (unpaired) electrons. The van der Waals surface area contributed by atoms with Gasteiger partial charge in [0.25, 0.3) is 0 Å². The van der Waals surface area contributed by atoms with Crippen LogP contribution in [0, 0.1) is 6.92 Å². The number of hydrogen-bond acceptors (Lipinski definition) is 5. The van der Waals surface area contributed by atoms with E-state index in [2.05, 4.69) is 68.9 Å². The lowest BCUT2D eigenvalue weighted by Crippen LogP contribution is -2.08. The predicted molar refractivity (Wildman–Crippen MR) is 105 cm³/mol. The van der Waals surface area contributed by atoms with Gasteiger partial charge in [0.05, 0.1) is 0 Å². The Bertz CT molecular complexity index is 1020. The fraction of sp³-hybridized carbons (Fsp3) is 0.150. The maximum atomic E-state index is 4.44. The fourth-order valence-electron chi connectivity index (χ4n) is 2.95. The van der Waals surface area contributed by atoms with Gasteiger partial charge in [-0.05, 0) is 37.1 Å². The van der Waals surface area contributed by atoms with Crippen molar-refractivity contribution in [1.82, 2.24) is 20.2 Å². The number of hydrogen-bond donors (Lipinski definition) is 3. The number of benzene rings is 2. The highest BCUT2D eigenvalue weighted by molar-refractivity contribution is 5.97. The Balaban J connectivity index is 1.68. The van der Waals surface area contributed by atoms with Crippen molar-refractivity contribution in [3.8, 4) is 0 Å². The number of aryl methyl sites for hydroxylation is 1. The highest BCUT2D eigenvalue weighted by Crippen LogP contribution is 2.30. The molecule has 6 heteroatoms. The highest BCUT2D eigenvalue weighted by Gasteiger charge is 2.15. The van der Waals surface area contributed by atoms with Gasteiger partial charge >= 0.3 is 0 Å². The van der Waals surface area contributed by atoms with Crippen molar-refractivity contribution in [1.29, 1.82) is 0 Å². The highest BCUT2D eigenvalue weighted by atomic mass is 15.2. The van der Waals surface area contributed by atoms with Gasteiger partial charge < -0.3 is 10.6 Å². The molecule has 4 rings (SSSR count). The van der Waals surface area contributed by atoms with E-state index in [-0.39, 0.29) is 6.04 Å². The van der Waals surface area contributed by atoms with Gasteiger partial charge in [-0.15, -0.1) is 0 Å². The SMILES string of the molecule is Cc1cccc(Nc2[nH]nc3ncnc(N[C@H](C)c4ccccc4)c23)c1. The lowest BCUT2D eigenvalue weighted by atomic mass is 10.1. The second-order valence-electron chi connectivity index (χ2n) is 6.29. The standard InChI is InChI=1S/C20H20N6/c1-13-7-6-10-16(11-13)24-20-17-18(21-12-22-19(17)25-26-20)23-14(2)15-8-4-3-5-9-15/h3-12,14H,1-2H3,(H3,21,22,23,24,25,26)/t14-/m1/s1. The zero-order valence-corrected chi connectivity index (χ0v) is 14.7. The molecule has 0 spiro atoms. The van der Waals surface area contributed by atoms with Gasteiger partial charge in [-0.3, -0.25) is 5.10 Å². The molecule has 4 aromatic rings. The molecule has 0 unspecified atom stereocenters. The van der Waals surface area contributed by atoms with Crippen LogP contribution in [-0.2, 0) is 0 Å². The number of nitrogens with one attached hydrogen (secondary N) is 3. The first-order valence-corrected chi connectivity index (χ1v) is 8.55. The van der Waals surface area contributed by atoms with Crippen LogP contribution in [0.4, 0.5) is 17.3 Å². The lowest BCUT2D eigenvalue weighted by molar-refractivity contribution is 0.876. The minimum atomic E-state index is 0.107. The number of aromatic nitrogens is 4. The first-order chi connectivity index (χ1) is 12.7. The second kappa shape index (κ2) is 6.84. The summed E-state index contributed by atoms with van der Waals surface area (Å²) < 4.78 is 0. The van der Waals surface area contributed by atoms with E-state index in [0.717, 1.165) is 22.7 Å². The van der Waals surface area contributed by atoms with Crippen LogP contribution in [0.25, 0.3) is 11.0 Å². The van der Waals surface area contributed by atoms with E-state index in [4.69, 9.17) is 0 Å². The van der Waals surface area contributed by atoms with E-state index in [1.165, 1.54) is 17.5 Å². The fourth-order valence-corrected chi connectivity index (χ4v) is 2.95. The summed E-state index contributed by atoms with van der Waals surface area (Å²) in [6, 6.07) is 18.6. The molecular weight excluding hydrogens is 324 g/mol. The molecule has 2 heterocycles. The van der Waals surface area contributed by atoms with Gasteiger partial charge in [-0.1, -0.05) is 42.5 Å². The normalized spacial score (nSPS) is 12.1. The van der Waals surface area contributed by atoms with Crippen molar-refractivity contribution in [2.75, 3.05) is 10.6 Å². The monoisotopic (exact) mass is 344 g/mol. The van der Waals surface area contributed by atoms with Crippen molar-refractivity contribution in [2.45, 2.75) is 19.9 Å². The first-order valence-electron chi connectivity index (χ1n) is 8.55. The molecule has 0 fully saturated rings. The molecule has 0 amide bonds. The molecule has 0 saturated heterocycles. The number of aromatic amines is 1. The molecule has 2 aromatic carbocycles. The minimum Gasteiger partial charge on any atom is -0.363 e. The molecule has 0 bridgehead atoms. The predicted octanol–water partition coefficient (Wildman–Crippen LogP) is 4.58. The van der Waals surface area contributed by atoms with Crippen molar-refractivity contribution < 1.29 is 0 Å². The minimum absolute atomic E-state index is 0.107.